The molecule has 0 bridgehead atoms. The van der Waals surface area contributed by atoms with Crippen LogP contribution in [0.5, 0.6) is 0 Å². The Morgan fingerprint density at radius 1 is 1.21 bits per heavy atom. The van der Waals surface area contributed by atoms with Gasteiger partial charge in [0, 0.05) is 25.3 Å². The summed E-state index contributed by atoms with van der Waals surface area (Å²) in [6.07, 6.45) is 5.87. The minimum absolute atomic E-state index is 0.106. The van der Waals surface area contributed by atoms with E-state index in [0.29, 0.717) is 17.4 Å². The normalized spacial score (nSPS) is 15.2. The molecule has 0 aliphatic carbocycles. The van der Waals surface area contributed by atoms with Gasteiger partial charge in [0.25, 0.3) is 0 Å². The Bertz CT molecular complexity index is 990. The van der Waals surface area contributed by atoms with Crippen LogP contribution in [0.3, 0.4) is 0 Å². The van der Waals surface area contributed by atoms with Crippen molar-refractivity contribution in [1.82, 2.24) is 14.5 Å². The highest BCUT2D eigenvalue weighted by atomic mass is 19.1. The highest BCUT2D eigenvalue weighted by Crippen LogP contribution is 2.22. The first kappa shape index (κ1) is 19.4. The largest absolute Gasteiger partial charge is 0.370 e. The van der Waals surface area contributed by atoms with Crippen molar-refractivity contribution in [2.45, 2.75) is 25.4 Å². The average Bonchev–Trinajstić information content (AvgIpc) is 3.10. The number of benzene rings is 1. The maximum absolute atomic E-state index is 13.5. The zero-order valence-electron chi connectivity index (χ0n) is 16.8. The van der Waals surface area contributed by atoms with Crippen LogP contribution in [0.2, 0.25) is 0 Å². The lowest BCUT2D eigenvalue weighted by molar-refractivity contribution is -0.116. The topological polar surface area (TPSA) is 53.4 Å². The van der Waals surface area contributed by atoms with Crippen molar-refractivity contribution >= 4 is 28.3 Å². The average molecular weight is 395 g/mol. The minimum Gasteiger partial charge on any atom is -0.370 e. The van der Waals surface area contributed by atoms with Gasteiger partial charge < -0.3 is 19.7 Å². The van der Waals surface area contributed by atoms with Crippen LogP contribution in [-0.4, -0.2) is 53.6 Å². The Labute approximate surface area is 169 Å². The predicted octanol–water partition coefficient (Wildman–Crippen LogP) is 3.34. The van der Waals surface area contributed by atoms with Crippen molar-refractivity contribution < 1.29 is 9.18 Å². The molecule has 1 aromatic carbocycles. The number of fused-ring (bicyclic) bond motifs is 1. The second-order valence-corrected chi connectivity index (χ2v) is 7.78. The molecular weight excluding hydrogens is 369 g/mol. The summed E-state index contributed by atoms with van der Waals surface area (Å²) in [6, 6.07) is 10.9. The van der Waals surface area contributed by atoms with Crippen LogP contribution >= 0.6 is 0 Å². The first-order valence-corrected chi connectivity index (χ1v) is 9.91. The van der Waals surface area contributed by atoms with E-state index in [2.05, 4.69) is 34.2 Å². The third-order valence-corrected chi connectivity index (χ3v) is 5.63. The van der Waals surface area contributed by atoms with Gasteiger partial charge in [0.2, 0.25) is 5.91 Å². The number of carbonyl (C=O) groups excluding carboxylic acids is 1. The van der Waals surface area contributed by atoms with E-state index in [1.807, 2.05) is 24.4 Å². The molecule has 0 unspecified atom stereocenters. The third-order valence-electron chi connectivity index (χ3n) is 5.63. The summed E-state index contributed by atoms with van der Waals surface area (Å²) < 4.78 is 15.2. The smallest absolute Gasteiger partial charge is 0.245 e. The molecule has 3 aromatic rings. The van der Waals surface area contributed by atoms with Crippen molar-refractivity contribution in [3.8, 4) is 0 Å². The number of amides is 1. The standard InChI is InChI=1S/C22H26FN5O/c1-26(2)18-8-11-27(12-9-18)19-5-6-21(24-14-19)25-22(29)15-28-10-7-16-3-4-17(23)13-20(16)28/h3-7,10,13-14,18H,8-9,11-12,15H2,1-2H3,(H,24,25,29). The van der Waals surface area contributed by atoms with E-state index in [1.54, 1.807) is 16.8 Å². The molecule has 1 aliphatic rings. The number of nitrogens with one attached hydrogen (secondary N) is 1. The molecule has 1 N–H and O–H groups in total. The van der Waals surface area contributed by atoms with Crippen LogP contribution in [0.15, 0.2) is 48.8 Å². The van der Waals surface area contributed by atoms with E-state index < -0.39 is 0 Å². The van der Waals surface area contributed by atoms with Crippen molar-refractivity contribution in [3.63, 3.8) is 0 Å². The van der Waals surface area contributed by atoms with Crippen molar-refractivity contribution in [2.24, 2.45) is 0 Å². The fourth-order valence-electron chi connectivity index (χ4n) is 3.92. The molecule has 3 heterocycles. The number of nitrogens with zero attached hydrogens (tertiary/aromatic N) is 4. The minimum atomic E-state index is -0.315. The number of carbonyl (C=O) groups is 1. The van der Waals surface area contributed by atoms with Gasteiger partial charge in [-0.1, -0.05) is 0 Å². The Kier molecular flexibility index (Phi) is 5.49. The molecule has 29 heavy (non-hydrogen) atoms. The van der Waals surface area contributed by atoms with E-state index in [9.17, 15) is 9.18 Å². The maximum atomic E-state index is 13.5. The molecule has 6 nitrogen and oxygen atoms in total. The Balaban J connectivity index is 1.36. The van der Waals surface area contributed by atoms with Gasteiger partial charge in [-0.15, -0.1) is 0 Å². The Hall–Kier alpha value is -2.93. The van der Waals surface area contributed by atoms with Crippen LogP contribution in [-0.2, 0) is 11.3 Å². The number of hydrogen-bond acceptors (Lipinski definition) is 4. The molecule has 7 heteroatoms. The van der Waals surface area contributed by atoms with Gasteiger partial charge >= 0.3 is 0 Å². The number of aromatic nitrogens is 2. The molecule has 1 aliphatic heterocycles. The SMILES string of the molecule is CN(C)C1CCN(c2ccc(NC(=O)Cn3ccc4ccc(F)cc43)nc2)CC1. The molecule has 1 saturated heterocycles. The first-order valence-electron chi connectivity index (χ1n) is 9.91. The van der Waals surface area contributed by atoms with Crippen molar-refractivity contribution in [2.75, 3.05) is 37.4 Å². The van der Waals surface area contributed by atoms with Gasteiger partial charge in [0.15, 0.2) is 0 Å². The summed E-state index contributed by atoms with van der Waals surface area (Å²) in [4.78, 5) is 21.4. The predicted molar refractivity (Wildman–Crippen MR) is 114 cm³/mol. The lowest BCUT2D eigenvalue weighted by Crippen LogP contribution is -2.42. The lowest BCUT2D eigenvalue weighted by Gasteiger charge is -2.36. The molecular formula is C22H26FN5O. The number of anilines is 2. The lowest BCUT2D eigenvalue weighted by atomic mass is 10.0. The van der Waals surface area contributed by atoms with Gasteiger partial charge in [-0.3, -0.25) is 4.79 Å². The van der Waals surface area contributed by atoms with E-state index in [0.717, 1.165) is 37.0 Å². The second-order valence-electron chi connectivity index (χ2n) is 7.78. The summed E-state index contributed by atoms with van der Waals surface area (Å²) in [5.74, 6) is 0.00751. The molecule has 0 atom stereocenters. The second kappa shape index (κ2) is 8.21. The number of piperidine rings is 1. The van der Waals surface area contributed by atoms with E-state index in [-0.39, 0.29) is 18.3 Å². The molecule has 1 fully saturated rings. The number of pyridine rings is 1. The molecule has 2 aromatic heterocycles. The molecule has 152 valence electrons. The molecule has 0 saturated carbocycles. The summed E-state index contributed by atoms with van der Waals surface area (Å²) in [6.45, 7) is 2.12. The number of halogens is 1. The van der Waals surface area contributed by atoms with Crippen molar-refractivity contribution in [1.29, 1.82) is 0 Å². The highest BCUT2D eigenvalue weighted by molar-refractivity contribution is 5.91. The first-order chi connectivity index (χ1) is 14.0. The van der Waals surface area contributed by atoms with Gasteiger partial charge in [-0.2, -0.15) is 0 Å². The number of hydrogen-bond donors (Lipinski definition) is 1. The summed E-state index contributed by atoms with van der Waals surface area (Å²) in [5, 5.41) is 3.72. The molecule has 4 rings (SSSR count). The van der Waals surface area contributed by atoms with Crippen LogP contribution < -0.4 is 10.2 Å². The van der Waals surface area contributed by atoms with E-state index in [1.165, 1.54) is 12.1 Å². The van der Waals surface area contributed by atoms with Crippen molar-refractivity contribution in [3.05, 3.63) is 54.6 Å². The van der Waals surface area contributed by atoms with Gasteiger partial charge in [0.1, 0.15) is 18.2 Å². The van der Waals surface area contributed by atoms with E-state index >= 15 is 0 Å². The van der Waals surface area contributed by atoms with Crippen LogP contribution in [0.4, 0.5) is 15.9 Å². The number of rotatable bonds is 5. The summed E-state index contributed by atoms with van der Waals surface area (Å²) >= 11 is 0. The fraction of sp³-hybridized carbons (Fsp3) is 0.364. The van der Waals surface area contributed by atoms with Gasteiger partial charge in [-0.25, -0.2) is 9.37 Å². The third kappa shape index (κ3) is 4.40. The van der Waals surface area contributed by atoms with Crippen LogP contribution in [0.1, 0.15) is 12.8 Å². The monoisotopic (exact) mass is 395 g/mol. The highest BCUT2D eigenvalue weighted by Gasteiger charge is 2.21. The molecule has 1 amide bonds. The zero-order chi connectivity index (χ0) is 20.4. The van der Waals surface area contributed by atoms with Crippen LogP contribution in [0.25, 0.3) is 10.9 Å². The van der Waals surface area contributed by atoms with Gasteiger partial charge in [0.05, 0.1) is 17.4 Å². The van der Waals surface area contributed by atoms with E-state index in [4.69, 9.17) is 0 Å². The summed E-state index contributed by atoms with van der Waals surface area (Å²) in [5.41, 5.74) is 1.77. The van der Waals surface area contributed by atoms with Crippen LogP contribution in [0, 0.1) is 5.82 Å². The maximum Gasteiger partial charge on any atom is 0.245 e. The zero-order valence-corrected chi connectivity index (χ0v) is 16.8. The molecule has 0 spiro atoms. The quantitative estimate of drug-likeness (QED) is 0.720. The summed E-state index contributed by atoms with van der Waals surface area (Å²) in [7, 11) is 4.26. The fourth-order valence-corrected chi connectivity index (χ4v) is 3.92. The Morgan fingerprint density at radius 2 is 2.00 bits per heavy atom. The molecule has 0 radical (unpaired) electrons. The Morgan fingerprint density at radius 3 is 2.69 bits per heavy atom. The van der Waals surface area contributed by atoms with Gasteiger partial charge in [-0.05, 0) is 68.7 Å².